The first-order valence-corrected chi connectivity index (χ1v) is 12.9. The minimum Gasteiger partial charge on any atom is -0.496 e. The monoisotopic (exact) mass is 577 g/mol. The molecule has 40 heavy (non-hydrogen) atoms. The molecular weight excluding hydrogens is 547 g/mol. The second kappa shape index (κ2) is 14.2. The van der Waals surface area contributed by atoms with E-state index < -0.39 is 12.1 Å². The smallest absolute Gasteiger partial charge is 0.490 e. The van der Waals surface area contributed by atoms with Crippen molar-refractivity contribution < 1.29 is 32.6 Å². The molecule has 11 heteroatoms. The van der Waals surface area contributed by atoms with Gasteiger partial charge in [-0.15, -0.1) is 0 Å². The molecule has 0 unspecified atom stereocenters. The van der Waals surface area contributed by atoms with E-state index >= 15 is 0 Å². The Morgan fingerprint density at radius 3 is 2.17 bits per heavy atom. The van der Waals surface area contributed by atoms with E-state index in [9.17, 15) is 18.0 Å². The summed E-state index contributed by atoms with van der Waals surface area (Å²) in [5, 5.41) is 10.7. The number of nitrogens with one attached hydrogen (secondary N) is 1. The lowest BCUT2D eigenvalue weighted by Gasteiger charge is -2.22. The van der Waals surface area contributed by atoms with Gasteiger partial charge in [0, 0.05) is 41.5 Å². The number of anilines is 1. The maximum atomic E-state index is 12.5. The van der Waals surface area contributed by atoms with Crippen LogP contribution in [-0.2, 0) is 11.3 Å². The minimum absolute atomic E-state index is 0.158. The van der Waals surface area contributed by atoms with E-state index in [2.05, 4.69) is 34.3 Å². The highest BCUT2D eigenvalue weighted by Gasteiger charge is 2.38. The quantitative estimate of drug-likeness (QED) is 0.372. The van der Waals surface area contributed by atoms with Crippen LogP contribution in [0.1, 0.15) is 22.3 Å². The topological polar surface area (TPSA) is 82.1 Å². The van der Waals surface area contributed by atoms with E-state index in [-0.39, 0.29) is 5.91 Å². The number of alkyl halides is 3. The molecule has 1 aliphatic heterocycles. The van der Waals surface area contributed by atoms with Crippen molar-refractivity contribution in [3.05, 3.63) is 82.9 Å². The third-order valence-electron chi connectivity index (χ3n) is 6.31. The predicted octanol–water partition coefficient (Wildman–Crippen LogP) is 6.04. The van der Waals surface area contributed by atoms with Crippen LogP contribution in [0.5, 0.6) is 5.75 Å². The fourth-order valence-electron chi connectivity index (χ4n) is 4.13. The van der Waals surface area contributed by atoms with Crippen LogP contribution in [0.4, 0.5) is 18.9 Å². The maximum Gasteiger partial charge on any atom is 0.490 e. The molecule has 2 N–H and O–H groups in total. The molecule has 1 fully saturated rings. The summed E-state index contributed by atoms with van der Waals surface area (Å²) in [6.45, 7) is 5.27. The summed E-state index contributed by atoms with van der Waals surface area (Å²) in [4.78, 5) is 26.2. The van der Waals surface area contributed by atoms with E-state index in [1.165, 1.54) is 12.0 Å². The van der Waals surface area contributed by atoms with Crippen LogP contribution in [0.2, 0.25) is 5.02 Å². The lowest BCUT2D eigenvalue weighted by molar-refractivity contribution is -0.192. The maximum absolute atomic E-state index is 12.5. The molecule has 0 aliphatic carbocycles. The molecule has 3 aromatic carbocycles. The van der Waals surface area contributed by atoms with Crippen molar-refractivity contribution in [2.75, 3.05) is 45.7 Å². The lowest BCUT2D eigenvalue weighted by atomic mass is 10.0. The fourth-order valence-corrected chi connectivity index (χ4v) is 4.26. The van der Waals surface area contributed by atoms with Crippen molar-refractivity contribution in [2.24, 2.45) is 0 Å². The number of hydrogen-bond donors (Lipinski definition) is 2. The average molecular weight is 578 g/mol. The third kappa shape index (κ3) is 9.25. The molecule has 3 aromatic rings. The van der Waals surface area contributed by atoms with Gasteiger partial charge in [-0.3, -0.25) is 9.69 Å². The van der Waals surface area contributed by atoms with Gasteiger partial charge in [-0.05, 0) is 86.2 Å². The van der Waals surface area contributed by atoms with Gasteiger partial charge in [-0.2, -0.15) is 13.2 Å². The molecule has 1 aliphatic rings. The van der Waals surface area contributed by atoms with Crippen molar-refractivity contribution in [2.45, 2.75) is 19.1 Å². The number of carbonyl (C=O) groups excluding carboxylic acids is 1. The molecular formula is C29H31ClF3N3O4. The van der Waals surface area contributed by atoms with Crippen molar-refractivity contribution in [1.29, 1.82) is 0 Å². The van der Waals surface area contributed by atoms with Crippen LogP contribution < -0.4 is 10.1 Å². The highest BCUT2D eigenvalue weighted by atomic mass is 35.5. The third-order valence-corrected chi connectivity index (χ3v) is 6.56. The zero-order valence-corrected chi connectivity index (χ0v) is 22.9. The van der Waals surface area contributed by atoms with Crippen LogP contribution in [0.25, 0.3) is 11.1 Å². The average Bonchev–Trinajstić information content (AvgIpc) is 3.13. The number of ether oxygens (including phenoxy) is 1. The Bertz CT molecular complexity index is 1290. The summed E-state index contributed by atoms with van der Waals surface area (Å²) in [6.07, 6.45) is -3.90. The van der Waals surface area contributed by atoms with E-state index in [1.54, 1.807) is 31.4 Å². The van der Waals surface area contributed by atoms with E-state index in [0.717, 1.165) is 55.3 Å². The van der Waals surface area contributed by atoms with Gasteiger partial charge in [0.05, 0.1) is 7.11 Å². The molecule has 1 saturated heterocycles. The molecule has 0 radical (unpaired) electrons. The van der Waals surface area contributed by atoms with Gasteiger partial charge in [-0.25, -0.2) is 4.79 Å². The molecule has 0 spiro atoms. The summed E-state index contributed by atoms with van der Waals surface area (Å²) < 4.78 is 37.4. The second-order valence-corrected chi connectivity index (χ2v) is 9.74. The first kappa shape index (κ1) is 30.9. The standard InChI is InChI=1S/C27H30ClN3O2.C2HF3O2/c1-30-14-3-15-31(17-16-30)19-23-18-22(8-13-26(23)33-2)20-6-11-25(12-7-20)29-27(32)21-4-9-24(28)10-5-21;3-2(4,5)1(6)7/h4-13,18H,3,14-17,19H2,1-2H3,(H,29,32);(H,6,7). The molecule has 0 bridgehead atoms. The Morgan fingerprint density at radius 1 is 0.950 bits per heavy atom. The van der Waals surface area contributed by atoms with Crippen LogP contribution >= 0.6 is 11.6 Å². The van der Waals surface area contributed by atoms with E-state index in [0.29, 0.717) is 10.6 Å². The zero-order valence-electron chi connectivity index (χ0n) is 22.2. The van der Waals surface area contributed by atoms with Gasteiger partial charge in [0.2, 0.25) is 0 Å². The van der Waals surface area contributed by atoms with Crippen LogP contribution in [0.3, 0.4) is 0 Å². The predicted molar refractivity (Wildman–Crippen MR) is 149 cm³/mol. The normalized spacial score (nSPS) is 14.4. The van der Waals surface area contributed by atoms with Crippen LogP contribution in [0.15, 0.2) is 66.7 Å². The van der Waals surface area contributed by atoms with Crippen molar-refractivity contribution >= 4 is 29.2 Å². The molecule has 0 atom stereocenters. The SMILES string of the molecule is COc1ccc(-c2ccc(NC(=O)c3ccc(Cl)cc3)cc2)cc1CN1CCCN(C)CC1.O=C(O)C(F)(F)F. The molecule has 1 heterocycles. The Balaban J connectivity index is 0.000000559. The Kier molecular flexibility index (Phi) is 10.9. The van der Waals surface area contributed by atoms with Gasteiger partial charge in [0.1, 0.15) is 5.75 Å². The molecule has 214 valence electrons. The number of benzene rings is 3. The van der Waals surface area contributed by atoms with Crippen LogP contribution in [0, 0.1) is 0 Å². The highest BCUT2D eigenvalue weighted by Crippen LogP contribution is 2.29. The van der Waals surface area contributed by atoms with Crippen molar-refractivity contribution in [3.63, 3.8) is 0 Å². The summed E-state index contributed by atoms with van der Waals surface area (Å²) >= 11 is 5.91. The van der Waals surface area contributed by atoms with Gasteiger partial charge in [-0.1, -0.05) is 29.8 Å². The second-order valence-electron chi connectivity index (χ2n) is 9.30. The van der Waals surface area contributed by atoms with Gasteiger partial charge in [0.15, 0.2) is 0 Å². The van der Waals surface area contributed by atoms with Crippen molar-refractivity contribution in [1.82, 2.24) is 9.80 Å². The Labute approximate surface area is 236 Å². The summed E-state index contributed by atoms with van der Waals surface area (Å²) in [5.41, 5.74) is 4.75. The zero-order chi connectivity index (χ0) is 29.3. The molecule has 1 amide bonds. The number of carboxylic acids is 1. The first-order valence-electron chi connectivity index (χ1n) is 12.5. The first-order chi connectivity index (χ1) is 19.0. The number of likely N-dealkylation sites (N-methyl/N-ethyl adjacent to an activating group) is 1. The number of halogens is 4. The Hall–Kier alpha value is -3.60. The summed E-state index contributed by atoms with van der Waals surface area (Å²) in [6, 6.07) is 21.1. The van der Waals surface area contributed by atoms with E-state index in [1.807, 2.05) is 30.3 Å². The number of amides is 1. The number of rotatable bonds is 6. The minimum atomic E-state index is -5.08. The summed E-state index contributed by atoms with van der Waals surface area (Å²) in [5.74, 6) is -2.00. The largest absolute Gasteiger partial charge is 0.496 e. The number of carboxylic acid groups (broad SMARTS) is 1. The van der Waals surface area contributed by atoms with Gasteiger partial charge >= 0.3 is 12.1 Å². The lowest BCUT2D eigenvalue weighted by Crippen LogP contribution is -2.28. The Morgan fingerprint density at radius 2 is 1.57 bits per heavy atom. The number of methoxy groups -OCH3 is 1. The molecule has 7 nitrogen and oxygen atoms in total. The highest BCUT2D eigenvalue weighted by molar-refractivity contribution is 6.30. The number of nitrogens with zero attached hydrogens (tertiary/aromatic N) is 2. The van der Waals surface area contributed by atoms with E-state index in [4.69, 9.17) is 26.2 Å². The van der Waals surface area contributed by atoms with Crippen molar-refractivity contribution in [3.8, 4) is 16.9 Å². The van der Waals surface area contributed by atoms with Crippen LogP contribution in [-0.4, -0.2) is 73.3 Å². The molecule has 0 aromatic heterocycles. The van der Waals surface area contributed by atoms with Gasteiger partial charge in [0.25, 0.3) is 5.91 Å². The molecule has 4 rings (SSSR count). The number of hydrogen-bond acceptors (Lipinski definition) is 5. The molecule has 0 saturated carbocycles. The summed E-state index contributed by atoms with van der Waals surface area (Å²) in [7, 11) is 3.92. The number of carbonyl (C=O) groups is 2. The fraction of sp³-hybridized carbons (Fsp3) is 0.310. The number of aliphatic carboxylic acids is 1. The van der Waals surface area contributed by atoms with Gasteiger partial charge < -0.3 is 20.1 Å².